The topological polar surface area (TPSA) is 26.8 Å². The van der Waals surface area contributed by atoms with Crippen LogP contribution in [0.1, 0.15) is 55.0 Å². The Morgan fingerprint density at radius 2 is 1.69 bits per heavy atom. The Balaban J connectivity index is 1.20. The van der Waals surface area contributed by atoms with E-state index >= 15 is 0 Å². The van der Waals surface area contributed by atoms with Crippen LogP contribution in [0, 0.1) is 5.82 Å². The molecular weight excluding hydrogens is 457 g/mol. The lowest BCUT2D eigenvalue weighted by molar-refractivity contribution is -0.126. The van der Waals surface area contributed by atoms with Crippen LogP contribution in [0.25, 0.3) is 6.08 Å². The van der Waals surface area contributed by atoms with Gasteiger partial charge in [-0.1, -0.05) is 73.5 Å². The van der Waals surface area contributed by atoms with E-state index in [4.69, 9.17) is 0 Å². The minimum atomic E-state index is -0.258. The SMILES string of the molecule is O=C1C(=Cc2ccccc2)SC(c2cccc(F)c2)N1CCCN1CCN(C2CCCCC2)CC1. The number of piperazine rings is 1. The van der Waals surface area contributed by atoms with Crippen LogP contribution < -0.4 is 0 Å². The molecule has 0 radical (unpaired) electrons. The molecule has 3 aliphatic rings. The molecule has 35 heavy (non-hydrogen) atoms. The Kier molecular flexibility index (Phi) is 8.22. The van der Waals surface area contributed by atoms with Gasteiger partial charge in [0.05, 0.1) is 4.91 Å². The maximum atomic E-state index is 14.0. The van der Waals surface area contributed by atoms with Gasteiger partial charge in [-0.05, 0) is 55.1 Å². The summed E-state index contributed by atoms with van der Waals surface area (Å²) in [6.45, 7) is 6.25. The van der Waals surface area contributed by atoms with E-state index in [2.05, 4.69) is 9.80 Å². The van der Waals surface area contributed by atoms with Crippen LogP contribution in [0.4, 0.5) is 4.39 Å². The summed E-state index contributed by atoms with van der Waals surface area (Å²) < 4.78 is 14.0. The lowest BCUT2D eigenvalue weighted by Gasteiger charge is -2.41. The predicted octanol–water partition coefficient (Wildman–Crippen LogP) is 5.78. The highest BCUT2D eigenvalue weighted by Gasteiger charge is 2.37. The lowest BCUT2D eigenvalue weighted by atomic mass is 9.94. The number of carbonyl (C=O) groups excluding carboxylic acids is 1. The summed E-state index contributed by atoms with van der Waals surface area (Å²) in [5, 5.41) is -0.184. The fourth-order valence-electron chi connectivity index (χ4n) is 5.67. The molecule has 0 bridgehead atoms. The number of hydrogen-bond donors (Lipinski definition) is 0. The maximum Gasteiger partial charge on any atom is 0.261 e. The summed E-state index contributed by atoms with van der Waals surface area (Å²) in [6, 6.07) is 17.4. The van der Waals surface area contributed by atoms with Crippen LogP contribution in [0.3, 0.4) is 0 Å². The smallest absolute Gasteiger partial charge is 0.261 e. The molecule has 0 N–H and O–H groups in total. The first-order valence-electron chi connectivity index (χ1n) is 13.1. The third kappa shape index (κ3) is 6.16. The largest absolute Gasteiger partial charge is 0.322 e. The van der Waals surface area contributed by atoms with Gasteiger partial charge in [-0.2, -0.15) is 0 Å². The Bertz CT molecular complexity index is 1020. The first-order valence-corrected chi connectivity index (χ1v) is 14.0. The number of carbonyl (C=O) groups is 1. The molecule has 2 heterocycles. The number of rotatable bonds is 7. The number of hydrogen-bond acceptors (Lipinski definition) is 4. The van der Waals surface area contributed by atoms with E-state index in [1.54, 1.807) is 12.1 Å². The highest BCUT2D eigenvalue weighted by Crippen LogP contribution is 2.46. The van der Waals surface area contributed by atoms with Gasteiger partial charge in [-0.3, -0.25) is 9.69 Å². The van der Waals surface area contributed by atoms with E-state index in [0.717, 1.165) is 48.1 Å². The molecule has 1 amide bonds. The highest BCUT2D eigenvalue weighted by atomic mass is 32.2. The van der Waals surface area contributed by atoms with E-state index in [9.17, 15) is 9.18 Å². The summed E-state index contributed by atoms with van der Waals surface area (Å²) in [5.41, 5.74) is 1.86. The fourth-order valence-corrected chi connectivity index (χ4v) is 6.94. The molecule has 1 aliphatic carbocycles. The first kappa shape index (κ1) is 24.5. The normalized spacial score (nSPS) is 23.9. The quantitative estimate of drug-likeness (QED) is 0.457. The van der Waals surface area contributed by atoms with E-state index in [1.807, 2.05) is 47.4 Å². The van der Waals surface area contributed by atoms with Crippen molar-refractivity contribution < 1.29 is 9.18 Å². The average Bonchev–Trinajstić information content (AvgIpc) is 3.20. The van der Waals surface area contributed by atoms with Gasteiger partial charge in [0.1, 0.15) is 11.2 Å². The van der Waals surface area contributed by atoms with Crippen molar-refractivity contribution in [2.75, 3.05) is 39.3 Å². The molecule has 3 fully saturated rings. The van der Waals surface area contributed by atoms with Gasteiger partial charge in [-0.25, -0.2) is 4.39 Å². The van der Waals surface area contributed by atoms with Gasteiger partial charge < -0.3 is 9.80 Å². The minimum Gasteiger partial charge on any atom is -0.322 e. The van der Waals surface area contributed by atoms with Crippen LogP contribution in [0.15, 0.2) is 59.5 Å². The van der Waals surface area contributed by atoms with Crippen molar-refractivity contribution in [2.45, 2.75) is 49.9 Å². The van der Waals surface area contributed by atoms with Crippen molar-refractivity contribution >= 4 is 23.7 Å². The van der Waals surface area contributed by atoms with Crippen molar-refractivity contribution in [1.29, 1.82) is 0 Å². The average molecular weight is 494 g/mol. The van der Waals surface area contributed by atoms with Gasteiger partial charge in [0, 0.05) is 38.8 Å². The number of nitrogens with zero attached hydrogens (tertiary/aromatic N) is 3. The Labute approximate surface area is 213 Å². The van der Waals surface area contributed by atoms with Gasteiger partial charge >= 0.3 is 0 Å². The van der Waals surface area contributed by atoms with Crippen molar-refractivity contribution in [3.05, 3.63) is 76.4 Å². The minimum absolute atomic E-state index is 0.0511. The summed E-state index contributed by atoms with van der Waals surface area (Å²) >= 11 is 1.54. The Morgan fingerprint density at radius 3 is 2.43 bits per heavy atom. The molecule has 1 saturated carbocycles. The molecule has 2 aliphatic heterocycles. The van der Waals surface area contributed by atoms with Gasteiger partial charge in [0.2, 0.25) is 0 Å². The Hall–Kier alpha value is -2.15. The molecule has 2 saturated heterocycles. The van der Waals surface area contributed by atoms with Crippen LogP contribution in [0.2, 0.25) is 0 Å². The molecule has 5 rings (SSSR count). The number of thioether (sulfide) groups is 1. The van der Waals surface area contributed by atoms with Gasteiger partial charge in [0.25, 0.3) is 5.91 Å². The van der Waals surface area contributed by atoms with Crippen molar-refractivity contribution in [3.63, 3.8) is 0 Å². The molecule has 2 aromatic carbocycles. The van der Waals surface area contributed by atoms with Crippen molar-refractivity contribution in [2.24, 2.45) is 0 Å². The van der Waals surface area contributed by atoms with E-state index in [1.165, 1.54) is 63.0 Å². The molecule has 2 aromatic rings. The van der Waals surface area contributed by atoms with Crippen LogP contribution in [0.5, 0.6) is 0 Å². The number of amides is 1. The molecule has 6 heteroatoms. The van der Waals surface area contributed by atoms with Crippen molar-refractivity contribution in [3.8, 4) is 0 Å². The van der Waals surface area contributed by atoms with Crippen LogP contribution >= 0.6 is 11.8 Å². The van der Waals surface area contributed by atoms with E-state index in [0.29, 0.717) is 6.54 Å². The van der Waals surface area contributed by atoms with Crippen LogP contribution in [-0.2, 0) is 4.79 Å². The first-order chi connectivity index (χ1) is 17.2. The zero-order valence-electron chi connectivity index (χ0n) is 20.4. The molecule has 186 valence electrons. The van der Waals surface area contributed by atoms with E-state index in [-0.39, 0.29) is 17.1 Å². The fraction of sp³-hybridized carbons (Fsp3) is 0.483. The summed E-state index contributed by atoms with van der Waals surface area (Å²) in [7, 11) is 0. The van der Waals surface area contributed by atoms with Crippen LogP contribution in [-0.4, -0.2) is 65.9 Å². The Morgan fingerprint density at radius 1 is 0.914 bits per heavy atom. The maximum absolute atomic E-state index is 14.0. The van der Waals surface area contributed by atoms with Gasteiger partial charge in [-0.15, -0.1) is 0 Å². The highest BCUT2D eigenvalue weighted by molar-refractivity contribution is 8.04. The third-order valence-electron chi connectivity index (χ3n) is 7.60. The van der Waals surface area contributed by atoms with E-state index < -0.39 is 0 Å². The second-order valence-electron chi connectivity index (χ2n) is 9.97. The molecule has 1 atom stereocenters. The number of benzene rings is 2. The zero-order valence-corrected chi connectivity index (χ0v) is 21.3. The summed E-state index contributed by atoms with van der Waals surface area (Å²) in [5.74, 6) is -0.206. The third-order valence-corrected chi connectivity index (χ3v) is 8.89. The zero-order chi connectivity index (χ0) is 24.0. The standard InChI is InChI=1S/C29H36FN3OS/c30-25-12-7-11-24(22-25)29-33(28(34)27(35-29)21-23-9-3-1-4-10-23)16-8-15-31-17-19-32(20-18-31)26-13-5-2-6-14-26/h1,3-4,7,9-12,21-22,26,29H,2,5-6,8,13-20H2. The molecule has 4 nitrogen and oxygen atoms in total. The predicted molar refractivity (Wildman–Crippen MR) is 142 cm³/mol. The number of halogens is 1. The molecule has 0 aromatic heterocycles. The molecule has 1 unspecified atom stereocenters. The summed E-state index contributed by atoms with van der Waals surface area (Å²) in [6.07, 6.45) is 9.82. The second kappa shape index (κ2) is 11.7. The lowest BCUT2D eigenvalue weighted by Crippen LogP contribution is -2.51. The van der Waals surface area contributed by atoms with Crippen molar-refractivity contribution in [1.82, 2.24) is 14.7 Å². The molecule has 0 spiro atoms. The second-order valence-corrected chi connectivity index (χ2v) is 11.1. The van der Waals surface area contributed by atoms with Gasteiger partial charge in [0.15, 0.2) is 0 Å². The summed E-state index contributed by atoms with van der Waals surface area (Å²) in [4.78, 5) is 21.3. The molecular formula is C29H36FN3OS. The monoisotopic (exact) mass is 493 g/mol.